The molecular weight excluding hydrogens is 200 g/mol. The van der Waals surface area contributed by atoms with Crippen LogP contribution in [0.25, 0.3) is 0 Å². The van der Waals surface area contributed by atoms with Gasteiger partial charge in [0.2, 0.25) is 5.91 Å². The minimum Gasteiger partial charge on any atom is -0.340 e. The van der Waals surface area contributed by atoms with Gasteiger partial charge < -0.3 is 5.32 Å². The largest absolute Gasteiger partial charge is 0.340 e. The van der Waals surface area contributed by atoms with Gasteiger partial charge in [0.15, 0.2) is 0 Å². The summed E-state index contributed by atoms with van der Waals surface area (Å²) in [6.07, 6.45) is 7.10. The van der Waals surface area contributed by atoms with Gasteiger partial charge >= 0.3 is 0 Å². The molecule has 16 heavy (non-hydrogen) atoms. The van der Waals surface area contributed by atoms with Gasteiger partial charge in [0, 0.05) is 5.41 Å². The van der Waals surface area contributed by atoms with Crippen LogP contribution in [0.1, 0.15) is 58.8 Å². The lowest BCUT2D eigenvalue weighted by atomic mass is 9.75. The van der Waals surface area contributed by atoms with Crippen LogP contribution in [-0.4, -0.2) is 11.9 Å². The Kier molecular flexibility index (Phi) is 4.79. The Morgan fingerprint density at radius 2 is 2.06 bits per heavy atom. The summed E-state index contributed by atoms with van der Waals surface area (Å²) in [5.74, 6) is 0.0761. The molecule has 90 valence electrons. The van der Waals surface area contributed by atoms with Crippen LogP contribution in [-0.2, 0) is 4.79 Å². The van der Waals surface area contributed by atoms with Crippen molar-refractivity contribution in [3.05, 3.63) is 0 Å². The first-order chi connectivity index (χ1) is 7.62. The van der Waals surface area contributed by atoms with Crippen LogP contribution in [0.15, 0.2) is 0 Å². The van der Waals surface area contributed by atoms with Crippen molar-refractivity contribution in [2.24, 2.45) is 5.41 Å². The molecule has 3 nitrogen and oxygen atoms in total. The van der Waals surface area contributed by atoms with Crippen molar-refractivity contribution in [3.63, 3.8) is 0 Å². The maximum absolute atomic E-state index is 12.1. The molecule has 0 spiro atoms. The summed E-state index contributed by atoms with van der Waals surface area (Å²) >= 11 is 0. The average Bonchev–Trinajstić information content (AvgIpc) is 2.29. The molecule has 1 N–H and O–H groups in total. The first-order valence-corrected chi connectivity index (χ1v) is 6.33. The Bertz CT molecular complexity index is 274. The minimum atomic E-state index is -0.309. The number of amides is 1. The SMILES string of the molecule is CCCC(C#N)NC(=O)C1(C)CCCCC1. The topological polar surface area (TPSA) is 52.9 Å². The predicted molar refractivity (Wildman–Crippen MR) is 63.6 cm³/mol. The molecule has 0 aromatic rings. The van der Waals surface area contributed by atoms with Crippen LogP contribution in [0.5, 0.6) is 0 Å². The maximum atomic E-state index is 12.1. The second-order valence-electron chi connectivity index (χ2n) is 5.07. The third kappa shape index (κ3) is 3.23. The van der Waals surface area contributed by atoms with E-state index < -0.39 is 0 Å². The van der Waals surface area contributed by atoms with E-state index in [1.54, 1.807) is 0 Å². The fraction of sp³-hybridized carbons (Fsp3) is 0.846. The van der Waals surface area contributed by atoms with Crippen molar-refractivity contribution in [1.82, 2.24) is 5.32 Å². The number of carbonyl (C=O) groups excluding carboxylic acids is 1. The summed E-state index contributed by atoms with van der Waals surface area (Å²) in [5.41, 5.74) is -0.235. The molecule has 0 radical (unpaired) electrons. The summed E-state index contributed by atoms with van der Waals surface area (Å²) in [5, 5.41) is 11.8. The Morgan fingerprint density at radius 3 is 2.56 bits per heavy atom. The summed E-state index contributed by atoms with van der Waals surface area (Å²) in [6, 6.07) is 1.85. The van der Waals surface area contributed by atoms with Crippen LogP contribution in [0.2, 0.25) is 0 Å². The molecule has 0 aromatic heterocycles. The molecule has 1 atom stereocenters. The molecule has 1 fully saturated rings. The van der Waals surface area contributed by atoms with E-state index in [1.165, 1.54) is 6.42 Å². The second-order valence-corrected chi connectivity index (χ2v) is 5.07. The zero-order chi connectivity index (χ0) is 12.0. The van der Waals surface area contributed by atoms with Gasteiger partial charge in [-0.1, -0.05) is 39.5 Å². The monoisotopic (exact) mass is 222 g/mol. The molecule has 1 rings (SSSR count). The third-order valence-corrected chi connectivity index (χ3v) is 3.54. The van der Waals surface area contributed by atoms with E-state index in [1.807, 2.05) is 13.8 Å². The zero-order valence-electron chi connectivity index (χ0n) is 10.4. The molecule has 1 aliphatic rings. The number of hydrogen-bond acceptors (Lipinski definition) is 2. The number of nitriles is 1. The van der Waals surface area contributed by atoms with Crippen LogP contribution in [0.3, 0.4) is 0 Å². The smallest absolute Gasteiger partial charge is 0.226 e. The van der Waals surface area contributed by atoms with Gasteiger partial charge in [-0.25, -0.2) is 0 Å². The van der Waals surface area contributed by atoms with Crippen molar-refractivity contribution in [2.45, 2.75) is 64.8 Å². The Hall–Kier alpha value is -1.04. The van der Waals surface area contributed by atoms with Crippen molar-refractivity contribution < 1.29 is 4.79 Å². The van der Waals surface area contributed by atoms with Crippen molar-refractivity contribution >= 4 is 5.91 Å². The van der Waals surface area contributed by atoms with Crippen molar-refractivity contribution in [1.29, 1.82) is 5.26 Å². The van der Waals surface area contributed by atoms with Crippen LogP contribution < -0.4 is 5.32 Å². The number of carbonyl (C=O) groups is 1. The molecule has 3 heteroatoms. The highest BCUT2D eigenvalue weighted by Gasteiger charge is 2.35. The van der Waals surface area contributed by atoms with Gasteiger partial charge in [0.25, 0.3) is 0 Å². The normalized spacial score (nSPS) is 20.8. The Labute approximate surface area is 98.2 Å². The highest BCUT2D eigenvalue weighted by Crippen LogP contribution is 2.35. The molecule has 0 aliphatic heterocycles. The van der Waals surface area contributed by atoms with Gasteiger partial charge in [-0.2, -0.15) is 5.26 Å². The van der Waals surface area contributed by atoms with Crippen LogP contribution in [0, 0.1) is 16.7 Å². The van der Waals surface area contributed by atoms with Gasteiger partial charge in [-0.15, -0.1) is 0 Å². The molecule has 0 aromatic carbocycles. The van der Waals surface area contributed by atoms with Gasteiger partial charge in [-0.05, 0) is 19.3 Å². The van der Waals surface area contributed by atoms with Gasteiger partial charge in [0.05, 0.1) is 6.07 Å². The lowest BCUT2D eigenvalue weighted by Crippen LogP contribution is -2.44. The van der Waals surface area contributed by atoms with E-state index in [4.69, 9.17) is 5.26 Å². The second kappa shape index (κ2) is 5.89. The number of hydrogen-bond donors (Lipinski definition) is 1. The van der Waals surface area contributed by atoms with Crippen LogP contribution >= 0.6 is 0 Å². The fourth-order valence-electron chi connectivity index (χ4n) is 2.35. The lowest BCUT2D eigenvalue weighted by Gasteiger charge is -2.32. The van der Waals surface area contributed by atoms with Crippen LogP contribution in [0.4, 0.5) is 0 Å². The summed E-state index contributed by atoms with van der Waals surface area (Å²) in [7, 11) is 0. The third-order valence-electron chi connectivity index (χ3n) is 3.54. The summed E-state index contributed by atoms with van der Waals surface area (Å²) < 4.78 is 0. The molecule has 0 saturated heterocycles. The minimum absolute atomic E-state index is 0.0761. The average molecular weight is 222 g/mol. The quantitative estimate of drug-likeness (QED) is 0.795. The molecule has 1 unspecified atom stereocenters. The van der Waals surface area contributed by atoms with E-state index in [-0.39, 0.29) is 17.4 Å². The van der Waals surface area contributed by atoms with E-state index in [0.717, 1.165) is 38.5 Å². The standard InChI is InChI=1S/C13H22N2O/c1-3-7-11(10-14)15-12(16)13(2)8-5-4-6-9-13/h11H,3-9H2,1-2H3,(H,15,16). The van der Waals surface area contributed by atoms with E-state index in [2.05, 4.69) is 11.4 Å². The molecule has 0 bridgehead atoms. The highest BCUT2D eigenvalue weighted by atomic mass is 16.2. The zero-order valence-corrected chi connectivity index (χ0v) is 10.4. The maximum Gasteiger partial charge on any atom is 0.226 e. The highest BCUT2D eigenvalue weighted by molar-refractivity contribution is 5.82. The van der Waals surface area contributed by atoms with Crippen molar-refractivity contribution in [3.8, 4) is 6.07 Å². The number of rotatable bonds is 4. The van der Waals surface area contributed by atoms with E-state index >= 15 is 0 Å². The Balaban J connectivity index is 2.53. The molecule has 1 amide bonds. The van der Waals surface area contributed by atoms with E-state index in [0.29, 0.717) is 0 Å². The van der Waals surface area contributed by atoms with Crippen molar-refractivity contribution in [2.75, 3.05) is 0 Å². The van der Waals surface area contributed by atoms with E-state index in [9.17, 15) is 4.79 Å². The summed E-state index contributed by atoms with van der Waals surface area (Å²) in [6.45, 7) is 4.06. The Morgan fingerprint density at radius 1 is 1.44 bits per heavy atom. The van der Waals surface area contributed by atoms with Gasteiger partial charge in [0.1, 0.15) is 6.04 Å². The predicted octanol–water partition coefficient (Wildman–Crippen LogP) is 2.77. The molecular formula is C13H22N2O. The lowest BCUT2D eigenvalue weighted by molar-refractivity contribution is -0.132. The molecule has 1 aliphatic carbocycles. The first kappa shape index (κ1) is 13.0. The van der Waals surface area contributed by atoms with Gasteiger partial charge in [-0.3, -0.25) is 4.79 Å². The number of nitrogens with one attached hydrogen (secondary N) is 1. The first-order valence-electron chi connectivity index (χ1n) is 6.33. The summed E-state index contributed by atoms with van der Waals surface area (Å²) in [4.78, 5) is 12.1. The molecule has 0 heterocycles. The fourth-order valence-corrected chi connectivity index (χ4v) is 2.35. The number of nitrogens with zero attached hydrogens (tertiary/aromatic N) is 1. The molecule has 1 saturated carbocycles.